The molecule has 0 amide bonds. The largest absolute Gasteiger partial charge is 0.478 e. The fourth-order valence-corrected chi connectivity index (χ4v) is 4.05. The Balaban J connectivity index is 2.75. The van der Waals surface area contributed by atoms with Crippen molar-refractivity contribution in [1.82, 2.24) is 10.0 Å². The lowest BCUT2D eigenvalue weighted by Gasteiger charge is -2.31. The maximum atomic E-state index is 13.1. The molecule has 0 bridgehead atoms. The Hall–Kier alpha value is -3.05. The van der Waals surface area contributed by atoms with E-state index in [0.29, 0.717) is 0 Å². The molecule has 2 rings (SSSR count). The van der Waals surface area contributed by atoms with E-state index in [1.165, 1.54) is 52.1 Å². The number of aliphatic carboxylic acids is 1. The van der Waals surface area contributed by atoms with Gasteiger partial charge in [0.1, 0.15) is 5.25 Å². The summed E-state index contributed by atoms with van der Waals surface area (Å²) in [5.74, 6) is -3.30. The van der Waals surface area contributed by atoms with Crippen molar-refractivity contribution in [3.8, 4) is 0 Å². The van der Waals surface area contributed by atoms with Crippen LogP contribution >= 0.6 is 0 Å². The molecule has 10 nitrogen and oxygen atoms in total. The minimum atomic E-state index is -3.98. The summed E-state index contributed by atoms with van der Waals surface area (Å²) in [4.78, 5) is 35.6. The van der Waals surface area contributed by atoms with E-state index in [1.54, 1.807) is 0 Å². The number of ketones is 1. The van der Waals surface area contributed by atoms with Crippen LogP contribution in [0.1, 0.15) is 32.3 Å². The smallest absolute Gasteiger partial charge is 0.334 e. The molecule has 0 spiro atoms. The maximum absolute atomic E-state index is 13.1. The number of allylic oxidation sites excluding steroid dienone is 3. The van der Waals surface area contributed by atoms with Crippen LogP contribution in [0.2, 0.25) is 0 Å². The molecule has 3 N–H and O–H groups in total. The number of hydrogen-bond donors (Lipinski definition) is 3. The van der Waals surface area contributed by atoms with Gasteiger partial charge in [0.25, 0.3) is 5.69 Å². The van der Waals surface area contributed by atoms with Crippen molar-refractivity contribution in [3.05, 3.63) is 62.5 Å². The topological polar surface area (TPSA) is 156 Å². The standard InChI is InChI=1S/C18H21N3O7S/c1-9-14(17(22)11(3)29(27,28)19-4)16(15(18(23)24)10(2)20-9)12-6-5-7-13(8-12)21(25)26/h5-8,11,16,19-20H,1-4H3,(H,23,24). The molecule has 2 atom stereocenters. The van der Waals surface area contributed by atoms with Gasteiger partial charge in [-0.25, -0.2) is 17.9 Å². The number of dihydropyridines is 1. The number of nitrogens with zero attached hydrogens (tertiary/aromatic N) is 1. The lowest BCUT2D eigenvalue weighted by Crippen LogP contribution is -2.40. The minimum Gasteiger partial charge on any atom is -0.478 e. The number of hydrogen-bond acceptors (Lipinski definition) is 7. The molecule has 1 heterocycles. The number of Topliss-reactive ketones (excluding diaryl/α,β-unsaturated/α-hetero) is 1. The lowest BCUT2D eigenvalue weighted by molar-refractivity contribution is -0.384. The van der Waals surface area contributed by atoms with Gasteiger partial charge in [0.15, 0.2) is 5.78 Å². The molecule has 0 saturated heterocycles. The van der Waals surface area contributed by atoms with E-state index >= 15 is 0 Å². The van der Waals surface area contributed by atoms with Crippen molar-refractivity contribution in [2.75, 3.05) is 7.05 Å². The van der Waals surface area contributed by atoms with Crippen molar-refractivity contribution < 1.29 is 28.0 Å². The predicted molar refractivity (Wildman–Crippen MR) is 104 cm³/mol. The Morgan fingerprint density at radius 3 is 2.34 bits per heavy atom. The van der Waals surface area contributed by atoms with Gasteiger partial charge in [-0.1, -0.05) is 12.1 Å². The number of rotatable bonds is 7. The van der Waals surface area contributed by atoms with E-state index in [9.17, 15) is 33.2 Å². The zero-order valence-electron chi connectivity index (χ0n) is 16.2. The van der Waals surface area contributed by atoms with Gasteiger partial charge in [0.05, 0.1) is 10.5 Å². The first-order chi connectivity index (χ1) is 13.4. The maximum Gasteiger partial charge on any atom is 0.334 e. The van der Waals surface area contributed by atoms with Gasteiger partial charge in [-0.05, 0) is 33.4 Å². The second-order valence-corrected chi connectivity index (χ2v) is 8.75. The van der Waals surface area contributed by atoms with E-state index in [2.05, 4.69) is 10.0 Å². The molecule has 1 aliphatic heterocycles. The van der Waals surface area contributed by atoms with Crippen LogP contribution in [0.5, 0.6) is 0 Å². The zero-order chi connectivity index (χ0) is 22.1. The van der Waals surface area contributed by atoms with Gasteiger partial charge >= 0.3 is 5.97 Å². The van der Waals surface area contributed by atoms with Gasteiger partial charge in [-0.3, -0.25) is 14.9 Å². The van der Waals surface area contributed by atoms with Gasteiger partial charge in [0.2, 0.25) is 10.0 Å². The highest BCUT2D eigenvalue weighted by Crippen LogP contribution is 2.40. The van der Waals surface area contributed by atoms with Gasteiger partial charge in [-0.15, -0.1) is 0 Å². The highest BCUT2D eigenvalue weighted by atomic mass is 32.2. The Kier molecular flexibility index (Phi) is 6.24. The zero-order valence-corrected chi connectivity index (χ0v) is 17.0. The average Bonchev–Trinajstić information content (AvgIpc) is 2.65. The molecule has 1 aliphatic rings. The second kappa shape index (κ2) is 8.13. The van der Waals surface area contributed by atoms with Crippen LogP contribution in [0, 0.1) is 10.1 Å². The van der Waals surface area contributed by atoms with E-state index in [4.69, 9.17) is 0 Å². The molecular formula is C18H21N3O7S. The number of non-ortho nitro benzene ring substituents is 1. The Labute approximate surface area is 167 Å². The van der Waals surface area contributed by atoms with Crippen LogP contribution in [0.15, 0.2) is 46.8 Å². The third-order valence-electron chi connectivity index (χ3n) is 4.79. The van der Waals surface area contributed by atoms with Crippen LogP contribution in [0.3, 0.4) is 0 Å². The summed E-state index contributed by atoms with van der Waals surface area (Å²) >= 11 is 0. The first-order valence-corrected chi connectivity index (χ1v) is 10.1. The van der Waals surface area contributed by atoms with Crippen molar-refractivity contribution in [2.45, 2.75) is 31.9 Å². The highest BCUT2D eigenvalue weighted by molar-refractivity contribution is 7.90. The molecule has 0 fully saturated rings. The fourth-order valence-electron chi connectivity index (χ4n) is 3.29. The fraction of sp³-hybridized carbons (Fsp3) is 0.333. The van der Waals surface area contributed by atoms with Crippen molar-refractivity contribution >= 4 is 27.5 Å². The summed E-state index contributed by atoms with van der Waals surface area (Å²) < 4.78 is 26.4. The number of benzene rings is 1. The normalized spacial score (nSPS) is 18.3. The van der Waals surface area contributed by atoms with Crippen molar-refractivity contribution in [2.24, 2.45) is 0 Å². The molecule has 1 aromatic rings. The number of sulfonamides is 1. The summed E-state index contributed by atoms with van der Waals surface area (Å²) in [5.41, 5.74) is 0.214. The summed E-state index contributed by atoms with van der Waals surface area (Å²) in [6, 6.07) is 5.28. The predicted octanol–water partition coefficient (Wildman–Crippen LogP) is 1.42. The van der Waals surface area contributed by atoms with Crippen LogP contribution in [0.4, 0.5) is 5.69 Å². The van der Waals surface area contributed by atoms with E-state index < -0.39 is 37.9 Å². The molecular weight excluding hydrogens is 402 g/mol. The number of nitro benzene ring substituents is 1. The molecule has 29 heavy (non-hydrogen) atoms. The number of nitrogens with one attached hydrogen (secondary N) is 2. The van der Waals surface area contributed by atoms with Crippen LogP contribution in [-0.4, -0.2) is 42.5 Å². The average molecular weight is 423 g/mol. The van der Waals surface area contributed by atoms with Crippen LogP contribution < -0.4 is 10.0 Å². The Bertz CT molecular complexity index is 1060. The lowest BCUT2D eigenvalue weighted by atomic mass is 9.78. The molecule has 0 aliphatic carbocycles. The van der Waals surface area contributed by atoms with Gasteiger partial charge in [0, 0.05) is 35.0 Å². The second-order valence-electron chi connectivity index (χ2n) is 6.55. The molecule has 1 aromatic carbocycles. The van der Waals surface area contributed by atoms with Crippen molar-refractivity contribution in [3.63, 3.8) is 0 Å². The van der Waals surface area contributed by atoms with Crippen molar-refractivity contribution in [1.29, 1.82) is 0 Å². The van der Waals surface area contributed by atoms with Gasteiger partial charge in [-0.2, -0.15) is 0 Å². The SMILES string of the molecule is CNS(=O)(=O)C(C)C(=O)C1=C(C)NC(C)=C(C(=O)O)C1c1cccc([N+](=O)[O-])c1. The van der Waals surface area contributed by atoms with E-state index in [1.807, 2.05) is 0 Å². The van der Waals surface area contributed by atoms with E-state index in [0.717, 1.165) is 0 Å². The third-order valence-corrected chi connectivity index (χ3v) is 6.50. The number of nitro groups is 1. The summed E-state index contributed by atoms with van der Waals surface area (Å²) in [5, 5.41) is 22.2. The van der Waals surface area contributed by atoms with Gasteiger partial charge < -0.3 is 10.4 Å². The summed E-state index contributed by atoms with van der Waals surface area (Å²) in [7, 11) is -2.81. The molecule has 0 aromatic heterocycles. The monoisotopic (exact) mass is 423 g/mol. The number of carbonyl (C=O) groups is 2. The summed E-state index contributed by atoms with van der Waals surface area (Å²) in [6.07, 6.45) is 0. The Morgan fingerprint density at radius 1 is 1.24 bits per heavy atom. The first-order valence-electron chi connectivity index (χ1n) is 8.55. The summed E-state index contributed by atoms with van der Waals surface area (Å²) in [6.45, 7) is 4.23. The number of carboxylic acids is 1. The van der Waals surface area contributed by atoms with E-state index in [-0.39, 0.29) is 33.8 Å². The third kappa shape index (κ3) is 4.20. The highest BCUT2D eigenvalue weighted by Gasteiger charge is 2.40. The number of carbonyl (C=O) groups excluding carboxylic acids is 1. The molecule has 156 valence electrons. The number of carboxylic acid groups (broad SMARTS) is 1. The quantitative estimate of drug-likeness (QED) is 0.439. The van der Waals surface area contributed by atoms with Crippen LogP contribution in [-0.2, 0) is 19.6 Å². The molecule has 0 saturated carbocycles. The molecule has 2 unspecified atom stereocenters. The molecule has 0 radical (unpaired) electrons. The molecule has 11 heteroatoms. The first kappa shape index (κ1) is 22.2. The Morgan fingerprint density at radius 2 is 1.83 bits per heavy atom. The minimum absolute atomic E-state index is 0.0696. The van der Waals surface area contributed by atoms with Crippen LogP contribution in [0.25, 0.3) is 0 Å².